The second kappa shape index (κ2) is 5.60. The molecule has 5 heteroatoms. The van der Waals surface area contributed by atoms with Crippen LogP contribution in [0.2, 0.25) is 0 Å². The smallest absolute Gasteiger partial charge is 0.225 e. The van der Waals surface area contributed by atoms with Gasteiger partial charge in [0.05, 0.1) is 0 Å². The van der Waals surface area contributed by atoms with E-state index in [2.05, 4.69) is 10.3 Å². The van der Waals surface area contributed by atoms with E-state index in [4.69, 9.17) is 0 Å². The van der Waals surface area contributed by atoms with Gasteiger partial charge in [0.25, 0.3) is 0 Å². The summed E-state index contributed by atoms with van der Waals surface area (Å²) < 4.78 is 15.3. The van der Waals surface area contributed by atoms with Crippen LogP contribution >= 0.6 is 0 Å². The Morgan fingerprint density at radius 1 is 1.32 bits per heavy atom. The molecule has 0 saturated carbocycles. The van der Waals surface area contributed by atoms with Crippen molar-refractivity contribution in [1.29, 1.82) is 0 Å². The van der Waals surface area contributed by atoms with E-state index in [0.717, 1.165) is 5.56 Å². The first-order valence-electron chi connectivity index (χ1n) is 7.13. The number of anilines is 1. The molecule has 2 aromatic heterocycles. The minimum atomic E-state index is -0.335. The lowest BCUT2D eigenvalue weighted by molar-refractivity contribution is -0.115. The second-order valence-electron chi connectivity index (χ2n) is 5.15. The van der Waals surface area contributed by atoms with Crippen molar-refractivity contribution < 1.29 is 9.18 Å². The summed E-state index contributed by atoms with van der Waals surface area (Å²) >= 11 is 0. The van der Waals surface area contributed by atoms with E-state index in [0.29, 0.717) is 29.1 Å². The molecule has 2 heterocycles. The van der Waals surface area contributed by atoms with Gasteiger partial charge < -0.3 is 5.32 Å². The lowest BCUT2D eigenvalue weighted by atomic mass is 10.1. The van der Waals surface area contributed by atoms with E-state index in [1.165, 1.54) is 12.1 Å². The summed E-state index contributed by atoms with van der Waals surface area (Å²) in [6, 6.07) is 10.1. The first-order chi connectivity index (χ1) is 10.6. The lowest BCUT2D eigenvalue weighted by Gasteiger charge is -2.07. The summed E-state index contributed by atoms with van der Waals surface area (Å²) in [4.78, 5) is 16.4. The number of imidazole rings is 1. The normalized spacial score (nSPS) is 10.9. The molecule has 22 heavy (non-hydrogen) atoms. The van der Waals surface area contributed by atoms with Crippen LogP contribution in [0.4, 0.5) is 10.2 Å². The van der Waals surface area contributed by atoms with E-state index in [1.807, 2.05) is 25.3 Å². The number of pyridine rings is 1. The molecule has 0 saturated heterocycles. The largest absolute Gasteiger partial charge is 0.310 e. The average molecular weight is 297 g/mol. The van der Waals surface area contributed by atoms with Gasteiger partial charge in [-0.1, -0.05) is 19.1 Å². The highest BCUT2D eigenvalue weighted by Crippen LogP contribution is 2.29. The molecule has 4 nitrogen and oxygen atoms in total. The number of fused-ring (bicyclic) bond motifs is 1. The van der Waals surface area contributed by atoms with Gasteiger partial charge >= 0.3 is 0 Å². The van der Waals surface area contributed by atoms with Crippen LogP contribution in [-0.4, -0.2) is 15.3 Å². The highest BCUT2D eigenvalue weighted by molar-refractivity contribution is 5.94. The van der Waals surface area contributed by atoms with Crippen LogP contribution in [0.1, 0.15) is 18.9 Å². The van der Waals surface area contributed by atoms with E-state index in [-0.39, 0.29) is 11.7 Å². The third-order valence-corrected chi connectivity index (χ3v) is 3.46. The van der Waals surface area contributed by atoms with Gasteiger partial charge in [0, 0.05) is 18.2 Å². The highest BCUT2D eigenvalue weighted by atomic mass is 19.1. The third-order valence-electron chi connectivity index (χ3n) is 3.46. The molecule has 0 atom stereocenters. The van der Waals surface area contributed by atoms with Gasteiger partial charge in [-0.05, 0) is 36.8 Å². The summed E-state index contributed by atoms with van der Waals surface area (Å²) in [5.74, 6) is 0.117. The summed E-state index contributed by atoms with van der Waals surface area (Å²) in [5, 5.41) is 2.86. The number of aryl methyl sites for hydroxylation is 1. The number of halogens is 1. The highest BCUT2D eigenvalue weighted by Gasteiger charge is 2.16. The Bertz CT molecular complexity index is 854. The number of carbonyl (C=O) groups excluding carboxylic acids is 1. The molecular weight excluding hydrogens is 281 g/mol. The summed E-state index contributed by atoms with van der Waals surface area (Å²) in [7, 11) is 0. The van der Waals surface area contributed by atoms with Gasteiger partial charge in [0.1, 0.15) is 23.0 Å². The van der Waals surface area contributed by atoms with Gasteiger partial charge in [-0.2, -0.15) is 0 Å². The molecule has 0 aliphatic heterocycles. The monoisotopic (exact) mass is 297 g/mol. The van der Waals surface area contributed by atoms with E-state index >= 15 is 0 Å². The van der Waals surface area contributed by atoms with Crippen molar-refractivity contribution in [3.05, 3.63) is 54.0 Å². The minimum Gasteiger partial charge on any atom is -0.310 e. The van der Waals surface area contributed by atoms with Crippen LogP contribution in [0.3, 0.4) is 0 Å². The number of aromatic nitrogens is 2. The van der Waals surface area contributed by atoms with E-state index < -0.39 is 0 Å². The molecule has 3 rings (SSSR count). The van der Waals surface area contributed by atoms with Crippen molar-refractivity contribution in [2.75, 3.05) is 5.32 Å². The quantitative estimate of drug-likeness (QED) is 0.799. The van der Waals surface area contributed by atoms with Crippen molar-refractivity contribution in [2.45, 2.75) is 20.3 Å². The zero-order valence-electron chi connectivity index (χ0n) is 12.4. The molecular formula is C17H16FN3O. The molecule has 0 spiro atoms. The number of hydrogen-bond donors (Lipinski definition) is 1. The summed E-state index contributed by atoms with van der Waals surface area (Å²) in [6.07, 6.45) is 2.22. The lowest BCUT2D eigenvalue weighted by Crippen LogP contribution is -2.12. The van der Waals surface area contributed by atoms with Crippen molar-refractivity contribution in [3.8, 4) is 11.3 Å². The maximum Gasteiger partial charge on any atom is 0.225 e. The topological polar surface area (TPSA) is 46.4 Å². The number of carbonyl (C=O) groups is 1. The predicted molar refractivity (Wildman–Crippen MR) is 84.2 cm³/mol. The van der Waals surface area contributed by atoms with Crippen LogP contribution in [0.25, 0.3) is 16.9 Å². The molecule has 112 valence electrons. The molecule has 0 aliphatic rings. The van der Waals surface area contributed by atoms with Crippen LogP contribution in [-0.2, 0) is 4.79 Å². The van der Waals surface area contributed by atoms with Gasteiger partial charge in [0.15, 0.2) is 0 Å². The van der Waals surface area contributed by atoms with Crippen LogP contribution in [0.15, 0.2) is 42.6 Å². The number of amides is 1. The van der Waals surface area contributed by atoms with Crippen molar-refractivity contribution in [2.24, 2.45) is 0 Å². The standard InChI is InChI=1S/C17H16FN3O/c1-3-15(22)20-17-16(12-5-4-6-13(18)10-12)19-14-9-11(2)7-8-21(14)17/h4-10H,3H2,1-2H3,(H,20,22). The fourth-order valence-corrected chi connectivity index (χ4v) is 2.32. The van der Waals surface area contributed by atoms with E-state index in [1.54, 1.807) is 23.5 Å². The number of nitrogens with zero attached hydrogens (tertiary/aromatic N) is 2. The van der Waals surface area contributed by atoms with Crippen molar-refractivity contribution >= 4 is 17.4 Å². The van der Waals surface area contributed by atoms with Crippen LogP contribution in [0, 0.1) is 12.7 Å². The average Bonchev–Trinajstić information content (AvgIpc) is 2.85. The number of benzene rings is 1. The van der Waals surface area contributed by atoms with Gasteiger partial charge in [0.2, 0.25) is 5.91 Å². The molecule has 1 N–H and O–H groups in total. The molecule has 0 bridgehead atoms. The predicted octanol–water partition coefficient (Wildman–Crippen LogP) is 3.80. The Kier molecular flexibility index (Phi) is 3.63. The SMILES string of the molecule is CCC(=O)Nc1c(-c2cccc(F)c2)nc2cc(C)ccn12. The number of hydrogen-bond acceptors (Lipinski definition) is 2. The molecule has 0 fully saturated rings. The van der Waals surface area contributed by atoms with Crippen molar-refractivity contribution in [3.63, 3.8) is 0 Å². The van der Waals surface area contributed by atoms with Gasteiger partial charge in [-0.3, -0.25) is 9.20 Å². The zero-order chi connectivity index (χ0) is 15.7. The minimum absolute atomic E-state index is 0.111. The van der Waals surface area contributed by atoms with Crippen LogP contribution in [0.5, 0.6) is 0 Å². The third kappa shape index (κ3) is 2.57. The Morgan fingerprint density at radius 3 is 2.86 bits per heavy atom. The summed E-state index contributed by atoms with van der Waals surface area (Å²) in [6.45, 7) is 3.76. The number of rotatable bonds is 3. The fourth-order valence-electron chi connectivity index (χ4n) is 2.32. The van der Waals surface area contributed by atoms with Gasteiger partial charge in [-0.25, -0.2) is 9.37 Å². The Hall–Kier alpha value is -2.69. The molecule has 0 aliphatic carbocycles. The molecule has 1 aromatic carbocycles. The first kappa shape index (κ1) is 14.3. The fraction of sp³-hybridized carbons (Fsp3) is 0.176. The molecule has 3 aromatic rings. The van der Waals surface area contributed by atoms with Gasteiger partial charge in [-0.15, -0.1) is 0 Å². The molecule has 0 unspecified atom stereocenters. The zero-order valence-corrected chi connectivity index (χ0v) is 12.4. The maximum atomic E-state index is 13.5. The summed E-state index contributed by atoms with van der Waals surface area (Å²) in [5.41, 5.74) is 2.97. The Morgan fingerprint density at radius 2 is 2.14 bits per heavy atom. The first-order valence-corrected chi connectivity index (χ1v) is 7.13. The second-order valence-corrected chi connectivity index (χ2v) is 5.15. The van der Waals surface area contributed by atoms with E-state index in [9.17, 15) is 9.18 Å². The van der Waals surface area contributed by atoms with Crippen molar-refractivity contribution in [1.82, 2.24) is 9.38 Å². The molecule has 0 radical (unpaired) electrons. The Labute approximate surface area is 127 Å². The van der Waals surface area contributed by atoms with Crippen LogP contribution < -0.4 is 5.32 Å². The number of nitrogens with one attached hydrogen (secondary N) is 1. The Balaban J connectivity index is 2.23. The maximum absolute atomic E-state index is 13.5. The molecule has 1 amide bonds.